The number of fused-ring (bicyclic) bond motifs is 1. The lowest BCUT2D eigenvalue weighted by atomic mass is 10.2. The summed E-state index contributed by atoms with van der Waals surface area (Å²) in [6, 6.07) is 5.81. The van der Waals surface area contributed by atoms with Gasteiger partial charge in [0, 0.05) is 24.2 Å². The van der Waals surface area contributed by atoms with E-state index in [4.69, 9.17) is 0 Å². The monoisotopic (exact) mass is 317 g/mol. The molecule has 0 fully saturated rings. The number of aromatic nitrogens is 3. The van der Waals surface area contributed by atoms with E-state index in [-0.39, 0.29) is 6.61 Å². The van der Waals surface area contributed by atoms with E-state index in [0.717, 1.165) is 32.6 Å². The van der Waals surface area contributed by atoms with Crippen LogP contribution >= 0.6 is 15.9 Å². The van der Waals surface area contributed by atoms with E-state index in [1.165, 1.54) is 0 Å². The van der Waals surface area contributed by atoms with Gasteiger partial charge >= 0.3 is 0 Å². The first kappa shape index (κ1) is 12.3. The van der Waals surface area contributed by atoms with Crippen molar-refractivity contribution >= 4 is 21.6 Å². The predicted molar refractivity (Wildman–Crippen MR) is 76.8 cm³/mol. The van der Waals surface area contributed by atoms with Crippen LogP contribution in [-0.4, -0.2) is 19.5 Å². The second-order valence-electron chi connectivity index (χ2n) is 4.37. The molecule has 3 heterocycles. The fourth-order valence-corrected chi connectivity index (χ4v) is 2.80. The maximum atomic E-state index is 9.65. The minimum atomic E-state index is -0.0682. The van der Waals surface area contributed by atoms with E-state index in [1.54, 1.807) is 12.4 Å². The Labute approximate surface area is 118 Å². The number of pyridine rings is 2. The number of aliphatic hydroxyl groups is 1. The van der Waals surface area contributed by atoms with Crippen molar-refractivity contribution < 1.29 is 5.11 Å². The standard InChI is InChI=1S/C14H12BrN3O/c1-9-5-11(15)14-17-13(10-3-2-4-16-6-10)12(8-19)18(14)7-9/h2-7,19H,8H2,1H3. The molecule has 0 amide bonds. The Bertz CT molecular complexity index is 737. The molecule has 3 rings (SSSR count). The lowest BCUT2D eigenvalue weighted by molar-refractivity contribution is 0.276. The Kier molecular flexibility index (Phi) is 3.08. The van der Waals surface area contributed by atoms with E-state index in [9.17, 15) is 5.11 Å². The highest BCUT2D eigenvalue weighted by Gasteiger charge is 2.15. The highest BCUT2D eigenvalue weighted by atomic mass is 79.9. The van der Waals surface area contributed by atoms with E-state index >= 15 is 0 Å². The second kappa shape index (κ2) is 4.75. The molecule has 3 aromatic heterocycles. The quantitative estimate of drug-likeness (QED) is 0.790. The first-order chi connectivity index (χ1) is 9.20. The summed E-state index contributed by atoms with van der Waals surface area (Å²) >= 11 is 3.52. The van der Waals surface area contributed by atoms with Crippen molar-refractivity contribution in [2.75, 3.05) is 0 Å². The number of hydrogen-bond donors (Lipinski definition) is 1. The number of aliphatic hydroxyl groups excluding tert-OH is 1. The summed E-state index contributed by atoms with van der Waals surface area (Å²) in [5.74, 6) is 0. The molecule has 0 aliphatic rings. The van der Waals surface area contributed by atoms with Gasteiger partial charge in [-0.15, -0.1) is 0 Å². The Hall–Kier alpha value is -1.72. The molecule has 0 aliphatic heterocycles. The van der Waals surface area contributed by atoms with Crippen LogP contribution in [0.2, 0.25) is 0 Å². The van der Waals surface area contributed by atoms with Crippen LogP contribution in [0, 0.1) is 6.92 Å². The molecule has 0 spiro atoms. The van der Waals surface area contributed by atoms with Gasteiger partial charge in [-0.2, -0.15) is 0 Å². The fourth-order valence-electron chi connectivity index (χ4n) is 2.16. The average Bonchev–Trinajstić information content (AvgIpc) is 2.78. The number of hydrogen-bond acceptors (Lipinski definition) is 3. The van der Waals surface area contributed by atoms with Crippen LogP contribution in [0.4, 0.5) is 0 Å². The topological polar surface area (TPSA) is 50.4 Å². The summed E-state index contributed by atoms with van der Waals surface area (Å²) in [5, 5.41) is 9.65. The molecule has 0 bridgehead atoms. The summed E-state index contributed by atoms with van der Waals surface area (Å²) in [4.78, 5) is 8.71. The number of halogens is 1. The third-order valence-corrected chi connectivity index (χ3v) is 3.58. The van der Waals surface area contributed by atoms with E-state index in [0.29, 0.717) is 0 Å². The van der Waals surface area contributed by atoms with Gasteiger partial charge in [-0.1, -0.05) is 0 Å². The molecule has 3 aromatic rings. The number of imidazole rings is 1. The normalized spacial score (nSPS) is 11.1. The van der Waals surface area contributed by atoms with Crippen LogP contribution in [0.1, 0.15) is 11.3 Å². The lowest BCUT2D eigenvalue weighted by Gasteiger charge is -2.03. The van der Waals surface area contributed by atoms with Crippen LogP contribution in [0.25, 0.3) is 16.9 Å². The Morgan fingerprint density at radius 2 is 2.26 bits per heavy atom. The molecule has 0 saturated carbocycles. The van der Waals surface area contributed by atoms with E-state index in [1.807, 2.05) is 35.7 Å². The average molecular weight is 318 g/mol. The first-order valence-electron chi connectivity index (χ1n) is 5.89. The zero-order valence-electron chi connectivity index (χ0n) is 10.3. The summed E-state index contributed by atoms with van der Waals surface area (Å²) in [7, 11) is 0. The Balaban J connectivity index is 2.35. The molecule has 0 unspecified atom stereocenters. The highest BCUT2D eigenvalue weighted by molar-refractivity contribution is 9.10. The zero-order chi connectivity index (χ0) is 13.4. The summed E-state index contributed by atoms with van der Waals surface area (Å²) in [6.45, 7) is 1.94. The van der Waals surface area contributed by atoms with Gasteiger partial charge in [0.2, 0.25) is 0 Å². The minimum Gasteiger partial charge on any atom is -0.390 e. The maximum Gasteiger partial charge on any atom is 0.152 e. The number of rotatable bonds is 2. The minimum absolute atomic E-state index is 0.0682. The summed E-state index contributed by atoms with van der Waals surface area (Å²) in [5.41, 5.74) is 4.34. The predicted octanol–water partition coefficient (Wildman–Crippen LogP) is 2.96. The van der Waals surface area contributed by atoms with Crippen molar-refractivity contribution in [2.45, 2.75) is 13.5 Å². The first-order valence-corrected chi connectivity index (χ1v) is 6.68. The lowest BCUT2D eigenvalue weighted by Crippen LogP contribution is -1.95. The SMILES string of the molecule is Cc1cc(Br)c2nc(-c3cccnc3)c(CO)n2c1. The molecule has 0 saturated heterocycles. The molecule has 96 valence electrons. The summed E-state index contributed by atoms with van der Waals surface area (Å²) < 4.78 is 2.83. The molecule has 1 N–H and O–H groups in total. The molecule has 5 heteroatoms. The van der Waals surface area contributed by atoms with Gasteiger partial charge in [-0.3, -0.25) is 9.38 Å². The zero-order valence-corrected chi connectivity index (χ0v) is 11.9. The number of aryl methyl sites for hydroxylation is 1. The molecule has 0 atom stereocenters. The Morgan fingerprint density at radius 1 is 1.42 bits per heavy atom. The smallest absolute Gasteiger partial charge is 0.152 e. The van der Waals surface area contributed by atoms with Crippen LogP contribution in [-0.2, 0) is 6.61 Å². The van der Waals surface area contributed by atoms with E-state index < -0.39 is 0 Å². The van der Waals surface area contributed by atoms with Gasteiger partial charge in [-0.25, -0.2) is 4.98 Å². The third-order valence-electron chi connectivity index (χ3n) is 3.00. The molecular weight excluding hydrogens is 306 g/mol. The molecule has 0 radical (unpaired) electrons. The van der Waals surface area contributed by atoms with Crippen LogP contribution in [0.15, 0.2) is 41.3 Å². The molecule has 0 aliphatic carbocycles. The molecule has 19 heavy (non-hydrogen) atoms. The number of nitrogens with zero attached hydrogens (tertiary/aromatic N) is 3. The van der Waals surface area contributed by atoms with Crippen LogP contribution < -0.4 is 0 Å². The van der Waals surface area contributed by atoms with Crippen molar-refractivity contribution in [3.63, 3.8) is 0 Å². The molecule has 0 aromatic carbocycles. The van der Waals surface area contributed by atoms with E-state index in [2.05, 4.69) is 25.9 Å². The van der Waals surface area contributed by atoms with Gasteiger partial charge in [-0.05, 0) is 46.6 Å². The maximum absolute atomic E-state index is 9.65. The van der Waals surface area contributed by atoms with Gasteiger partial charge in [0.25, 0.3) is 0 Å². The van der Waals surface area contributed by atoms with Crippen LogP contribution in [0.3, 0.4) is 0 Å². The Morgan fingerprint density at radius 3 is 2.95 bits per heavy atom. The van der Waals surface area contributed by atoms with Crippen molar-refractivity contribution in [3.05, 3.63) is 52.5 Å². The van der Waals surface area contributed by atoms with Gasteiger partial charge < -0.3 is 5.11 Å². The summed E-state index contributed by atoms with van der Waals surface area (Å²) in [6.07, 6.45) is 5.44. The van der Waals surface area contributed by atoms with Crippen molar-refractivity contribution in [1.82, 2.24) is 14.4 Å². The molecular formula is C14H12BrN3O. The molecule has 4 nitrogen and oxygen atoms in total. The van der Waals surface area contributed by atoms with Gasteiger partial charge in [0.15, 0.2) is 5.65 Å². The highest BCUT2D eigenvalue weighted by Crippen LogP contribution is 2.28. The van der Waals surface area contributed by atoms with Crippen LogP contribution in [0.5, 0.6) is 0 Å². The second-order valence-corrected chi connectivity index (χ2v) is 5.22. The van der Waals surface area contributed by atoms with Gasteiger partial charge in [0.1, 0.15) is 0 Å². The van der Waals surface area contributed by atoms with Gasteiger partial charge in [0.05, 0.1) is 22.5 Å². The van der Waals surface area contributed by atoms with Crippen molar-refractivity contribution in [3.8, 4) is 11.3 Å². The largest absolute Gasteiger partial charge is 0.390 e. The van der Waals surface area contributed by atoms with Crippen molar-refractivity contribution in [1.29, 1.82) is 0 Å². The van der Waals surface area contributed by atoms with Crippen molar-refractivity contribution in [2.24, 2.45) is 0 Å². The third kappa shape index (κ3) is 2.05. The fraction of sp³-hybridized carbons (Fsp3) is 0.143.